The van der Waals surface area contributed by atoms with Gasteiger partial charge in [-0.25, -0.2) is 8.42 Å². The molecule has 0 spiro atoms. The number of likely N-dealkylation sites (N-methyl/N-ethyl adjacent to an activating group) is 1. The lowest BCUT2D eigenvalue weighted by Gasteiger charge is -2.16. The highest BCUT2D eigenvalue weighted by Gasteiger charge is 2.23. The third-order valence-corrected chi connectivity index (χ3v) is 6.32. The molecule has 10 nitrogen and oxygen atoms in total. The molecule has 0 aliphatic rings. The van der Waals surface area contributed by atoms with E-state index in [1.165, 1.54) is 38.2 Å². The Kier molecular flexibility index (Phi) is 7.44. The van der Waals surface area contributed by atoms with Gasteiger partial charge in [-0.2, -0.15) is 9.29 Å². The van der Waals surface area contributed by atoms with Gasteiger partial charge in [-0.05, 0) is 37.6 Å². The number of hydrogen-bond donors (Lipinski definition) is 0. The van der Waals surface area contributed by atoms with E-state index >= 15 is 0 Å². The van der Waals surface area contributed by atoms with Gasteiger partial charge in [-0.3, -0.25) is 14.6 Å². The molecule has 0 bridgehead atoms. The van der Waals surface area contributed by atoms with Gasteiger partial charge in [0.1, 0.15) is 6.54 Å². The SMILES string of the molecule is CC(=O)c1ccc(S(=O)(=O)N(C)CC(=O)OCCCc2nc(-c3cccnc3)no2)cc1. The number of ether oxygens (including phenoxy) is 1. The molecular formula is C21H22N4O6S. The molecular weight excluding hydrogens is 436 g/mol. The highest BCUT2D eigenvalue weighted by atomic mass is 32.2. The van der Waals surface area contributed by atoms with Crippen LogP contribution in [0.4, 0.5) is 0 Å². The van der Waals surface area contributed by atoms with Crippen LogP contribution in [-0.4, -0.2) is 59.8 Å². The lowest BCUT2D eigenvalue weighted by Crippen LogP contribution is -2.33. The van der Waals surface area contributed by atoms with Crippen LogP contribution in [0, 0.1) is 0 Å². The Morgan fingerprint density at radius 1 is 1.16 bits per heavy atom. The molecule has 2 aromatic heterocycles. The number of pyridine rings is 1. The van der Waals surface area contributed by atoms with E-state index in [9.17, 15) is 18.0 Å². The molecule has 168 valence electrons. The molecule has 0 aliphatic carbocycles. The summed E-state index contributed by atoms with van der Waals surface area (Å²) in [5, 5.41) is 3.88. The molecule has 0 amide bonds. The monoisotopic (exact) mass is 458 g/mol. The first-order valence-corrected chi connectivity index (χ1v) is 11.2. The molecule has 11 heteroatoms. The smallest absolute Gasteiger partial charge is 0.321 e. The van der Waals surface area contributed by atoms with Gasteiger partial charge in [0.05, 0.1) is 11.5 Å². The van der Waals surface area contributed by atoms with Crippen molar-refractivity contribution in [2.75, 3.05) is 20.2 Å². The van der Waals surface area contributed by atoms with E-state index in [-0.39, 0.29) is 17.3 Å². The first kappa shape index (κ1) is 23.2. The van der Waals surface area contributed by atoms with Gasteiger partial charge in [-0.15, -0.1) is 0 Å². The summed E-state index contributed by atoms with van der Waals surface area (Å²) in [5.41, 5.74) is 1.13. The van der Waals surface area contributed by atoms with Crippen LogP contribution in [0.25, 0.3) is 11.4 Å². The van der Waals surface area contributed by atoms with Gasteiger partial charge in [-0.1, -0.05) is 17.3 Å². The fourth-order valence-electron chi connectivity index (χ4n) is 2.73. The topological polar surface area (TPSA) is 133 Å². The van der Waals surface area contributed by atoms with Gasteiger partial charge in [0.25, 0.3) is 0 Å². The zero-order valence-corrected chi connectivity index (χ0v) is 18.4. The average molecular weight is 458 g/mol. The minimum atomic E-state index is -3.89. The highest BCUT2D eigenvalue weighted by Crippen LogP contribution is 2.16. The maximum atomic E-state index is 12.6. The second kappa shape index (κ2) is 10.2. The number of esters is 1. The molecule has 0 unspecified atom stereocenters. The number of hydrogen-bond acceptors (Lipinski definition) is 9. The number of aromatic nitrogens is 3. The van der Waals surface area contributed by atoms with Gasteiger partial charge >= 0.3 is 5.97 Å². The van der Waals surface area contributed by atoms with E-state index in [2.05, 4.69) is 15.1 Å². The van der Waals surface area contributed by atoms with Crippen LogP contribution >= 0.6 is 0 Å². The second-order valence-corrected chi connectivity index (χ2v) is 8.96. The molecule has 1 aromatic carbocycles. The molecule has 32 heavy (non-hydrogen) atoms. The molecule has 0 N–H and O–H groups in total. The summed E-state index contributed by atoms with van der Waals surface area (Å²) in [5.74, 6) is -0.0282. The molecule has 0 aliphatic heterocycles. The van der Waals surface area contributed by atoms with Gasteiger partial charge in [0.15, 0.2) is 5.78 Å². The fourth-order valence-corrected chi connectivity index (χ4v) is 3.85. The van der Waals surface area contributed by atoms with E-state index in [1.54, 1.807) is 18.5 Å². The van der Waals surface area contributed by atoms with Crippen molar-refractivity contribution in [3.8, 4) is 11.4 Å². The Balaban J connectivity index is 1.45. The van der Waals surface area contributed by atoms with Crippen molar-refractivity contribution in [1.82, 2.24) is 19.4 Å². The van der Waals surface area contributed by atoms with Gasteiger partial charge < -0.3 is 9.26 Å². The zero-order valence-electron chi connectivity index (χ0n) is 17.6. The Morgan fingerprint density at radius 3 is 2.56 bits per heavy atom. The van der Waals surface area contributed by atoms with E-state index in [0.717, 1.165) is 9.87 Å². The molecule has 3 rings (SSSR count). The lowest BCUT2D eigenvalue weighted by atomic mass is 10.2. The van der Waals surface area contributed by atoms with Crippen molar-refractivity contribution in [3.05, 3.63) is 60.2 Å². The summed E-state index contributed by atoms with van der Waals surface area (Å²) in [6, 6.07) is 9.10. The van der Waals surface area contributed by atoms with Crippen molar-refractivity contribution in [1.29, 1.82) is 0 Å². The number of benzene rings is 1. The lowest BCUT2D eigenvalue weighted by molar-refractivity contribution is -0.143. The van der Waals surface area contributed by atoms with Crippen molar-refractivity contribution in [2.24, 2.45) is 0 Å². The molecule has 0 saturated heterocycles. The number of aryl methyl sites for hydroxylation is 1. The molecule has 0 fully saturated rings. The van der Waals surface area contributed by atoms with Crippen LogP contribution in [0.5, 0.6) is 0 Å². The minimum Gasteiger partial charge on any atom is -0.465 e. The normalized spacial score (nSPS) is 11.5. The number of sulfonamides is 1. The molecule has 2 heterocycles. The van der Waals surface area contributed by atoms with E-state index in [4.69, 9.17) is 9.26 Å². The Morgan fingerprint density at radius 2 is 1.91 bits per heavy atom. The van der Waals surface area contributed by atoms with E-state index < -0.39 is 22.5 Å². The van der Waals surface area contributed by atoms with Gasteiger partial charge in [0, 0.05) is 37.0 Å². The first-order valence-electron chi connectivity index (χ1n) is 9.73. The molecule has 0 radical (unpaired) electrons. The van der Waals surface area contributed by atoms with E-state index in [0.29, 0.717) is 30.1 Å². The third kappa shape index (κ3) is 5.83. The summed E-state index contributed by atoms with van der Waals surface area (Å²) in [7, 11) is -2.61. The van der Waals surface area contributed by atoms with Crippen LogP contribution in [0.15, 0.2) is 58.2 Å². The summed E-state index contributed by atoms with van der Waals surface area (Å²) in [6.45, 7) is 1.02. The number of carbonyl (C=O) groups is 2. The first-order chi connectivity index (χ1) is 15.3. The summed E-state index contributed by atoms with van der Waals surface area (Å²) >= 11 is 0. The van der Waals surface area contributed by atoms with Crippen molar-refractivity contribution in [2.45, 2.75) is 24.7 Å². The molecule has 3 aromatic rings. The van der Waals surface area contributed by atoms with Crippen LogP contribution in [-0.2, 0) is 26.0 Å². The van der Waals surface area contributed by atoms with Crippen LogP contribution < -0.4 is 0 Å². The van der Waals surface area contributed by atoms with E-state index in [1.807, 2.05) is 6.07 Å². The predicted molar refractivity (Wildman–Crippen MR) is 113 cm³/mol. The maximum Gasteiger partial charge on any atom is 0.321 e. The second-order valence-electron chi connectivity index (χ2n) is 6.92. The molecule has 0 saturated carbocycles. The number of nitrogens with zero attached hydrogens (tertiary/aromatic N) is 4. The number of ketones is 1. The standard InChI is InChI=1S/C21H22N4O6S/c1-15(26)16-7-9-18(10-8-16)32(28,29)25(2)14-20(27)30-12-4-6-19-23-21(24-31-19)17-5-3-11-22-13-17/h3,5,7-11,13H,4,6,12,14H2,1-2H3. The largest absolute Gasteiger partial charge is 0.465 e. The van der Waals surface area contributed by atoms with Crippen LogP contribution in [0.3, 0.4) is 0 Å². The Labute approximate surface area is 185 Å². The number of rotatable bonds is 10. The maximum absolute atomic E-state index is 12.6. The zero-order chi connectivity index (χ0) is 23.1. The Bertz CT molecular complexity index is 1180. The minimum absolute atomic E-state index is 0.0152. The molecule has 0 atom stereocenters. The van der Waals surface area contributed by atoms with Crippen molar-refractivity contribution in [3.63, 3.8) is 0 Å². The summed E-state index contributed by atoms with van der Waals surface area (Å²) in [6.07, 6.45) is 4.10. The van der Waals surface area contributed by atoms with Gasteiger partial charge in [0.2, 0.25) is 21.7 Å². The number of Topliss-reactive ketones (excluding diaryl/α,β-unsaturated/α-hetero) is 1. The Hall–Kier alpha value is -3.44. The van der Waals surface area contributed by atoms with Crippen molar-refractivity contribution >= 4 is 21.8 Å². The summed E-state index contributed by atoms with van der Waals surface area (Å²) < 4.78 is 36.4. The number of carbonyl (C=O) groups excluding carboxylic acids is 2. The fraction of sp³-hybridized carbons (Fsp3) is 0.286. The highest BCUT2D eigenvalue weighted by molar-refractivity contribution is 7.89. The van der Waals surface area contributed by atoms with Crippen LogP contribution in [0.1, 0.15) is 29.6 Å². The third-order valence-electron chi connectivity index (χ3n) is 4.51. The quantitative estimate of drug-likeness (QED) is 0.254. The predicted octanol–water partition coefficient (Wildman–Crippen LogP) is 2.13. The van der Waals surface area contributed by atoms with Crippen LogP contribution in [0.2, 0.25) is 0 Å². The summed E-state index contributed by atoms with van der Waals surface area (Å²) in [4.78, 5) is 31.6. The average Bonchev–Trinajstić information content (AvgIpc) is 3.26. The van der Waals surface area contributed by atoms with Crippen molar-refractivity contribution < 1.29 is 27.3 Å².